The highest BCUT2D eigenvalue weighted by Crippen LogP contribution is 2.58. The summed E-state index contributed by atoms with van der Waals surface area (Å²) in [6, 6.07) is 20.7. The van der Waals surface area contributed by atoms with E-state index in [4.69, 9.17) is 0 Å². The van der Waals surface area contributed by atoms with Crippen LogP contribution in [0.1, 0.15) is 0 Å². The molecule has 0 aliphatic heterocycles. The van der Waals surface area contributed by atoms with Crippen LogP contribution in [0, 0.1) is 0 Å². The van der Waals surface area contributed by atoms with Crippen molar-refractivity contribution in [3.8, 4) is 0 Å². The summed E-state index contributed by atoms with van der Waals surface area (Å²) < 4.78 is 4.50. The maximum atomic E-state index is 4.08. The van der Waals surface area contributed by atoms with Gasteiger partial charge in [0.25, 0.3) is 0 Å². The molecule has 0 unspecified atom stereocenters. The average molecular weight is 298 g/mol. The molecule has 0 saturated heterocycles. The van der Waals surface area contributed by atoms with Crippen LogP contribution < -0.4 is 8.61 Å². The molecule has 0 atom stereocenters. The third kappa shape index (κ3) is 2.83. The van der Waals surface area contributed by atoms with Crippen molar-refractivity contribution in [1.82, 2.24) is 0 Å². The van der Waals surface area contributed by atoms with E-state index in [1.54, 1.807) is 0 Å². The first-order chi connectivity index (χ1) is 10.2. The second kappa shape index (κ2) is 6.55. The van der Waals surface area contributed by atoms with Gasteiger partial charge in [-0.25, -0.2) is 0 Å². The Labute approximate surface area is 129 Å². The van der Waals surface area contributed by atoms with Crippen molar-refractivity contribution in [2.45, 2.75) is 0 Å². The Morgan fingerprint density at radius 1 is 0.714 bits per heavy atom. The lowest BCUT2D eigenvalue weighted by molar-refractivity contribution is 1.27. The van der Waals surface area contributed by atoms with Gasteiger partial charge in [0.15, 0.2) is 0 Å². The molecule has 3 heteroatoms. The van der Waals surface area contributed by atoms with E-state index in [0.717, 1.165) is 11.4 Å². The summed E-state index contributed by atoms with van der Waals surface area (Å²) in [6.45, 7) is 8.16. The lowest BCUT2D eigenvalue weighted by Crippen LogP contribution is -2.33. The van der Waals surface area contributed by atoms with Gasteiger partial charge in [0, 0.05) is 25.5 Å². The highest BCUT2D eigenvalue weighted by molar-refractivity contribution is 8.40. The van der Waals surface area contributed by atoms with Crippen LogP contribution in [0.25, 0.3) is 0 Å². The molecule has 2 nitrogen and oxygen atoms in total. The van der Waals surface area contributed by atoms with Crippen LogP contribution in [0.3, 0.4) is 0 Å². The summed E-state index contributed by atoms with van der Waals surface area (Å²) in [5.41, 5.74) is 2.30. The SMILES string of the molecule is C=CS(C=C)(N(C)c1ccccc1)N(C)c1ccccc1. The van der Waals surface area contributed by atoms with Crippen LogP contribution in [-0.2, 0) is 0 Å². The van der Waals surface area contributed by atoms with E-state index in [9.17, 15) is 0 Å². The summed E-state index contributed by atoms with van der Waals surface area (Å²) in [6.07, 6.45) is 0. The first-order valence-electron chi connectivity index (χ1n) is 6.82. The van der Waals surface area contributed by atoms with Crippen molar-refractivity contribution in [3.63, 3.8) is 0 Å². The quantitative estimate of drug-likeness (QED) is 0.725. The molecule has 0 spiro atoms. The van der Waals surface area contributed by atoms with E-state index in [0.29, 0.717) is 0 Å². The highest BCUT2D eigenvalue weighted by atomic mass is 32.3. The fraction of sp³-hybridized carbons (Fsp3) is 0.111. The Morgan fingerprint density at radius 3 is 1.33 bits per heavy atom. The predicted octanol–water partition coefficient (Wildman–Crippen LogP) is 5.18. The summed E-state index contributed by atoms with van der Waals surface area (Å²) >= 11 is 0. The molecule has 2 aromatic rings. The van der Waals surface area contributed by atoms with Gasteiger partial charge in [-0.15, -0.1) is 0 Å². The van der Waals surface area contributed by atoms with Gasteiger partial charge < -0.3 is 8.61 Å². The van der Waals surface area contributed by atoms with Crippen LogP contribution in [-0.4, -0.2) is 14.1 Å². The van der Waals surface area contributed by atoms with Gasteiger partial charge in [-0.2, -0.15) is 0 Å². The second-order valence-electron chi connectivity index (χ2n) is 4.64. The largest absolute Gasteiger partial charge is 0.315 e. The molecule has 0 fully saturated rings. The minimum absolute atomic E-state index is 1.15. The molecular formula is C18H22N2S. The molecule has 0 bridgehead atoms. The fourth-order valence-corrected chi connectivity index (χ4v) is 4.63. The van der Waals surface area contributed by atoms with Crippen LogP contribution >= 0.6 is 10.4 Å². The number of nitrogens with zero attached hydrogens (tertiary/aromatic N) is 2. The molecule has 0 aliphatic carbocycles. The predicted molar refractivity (Wildman–Crippen MR) is 97.7 cm³/mol. The van der Waals surface area contributed by atoms with E-state index >= 15 is 0 Å². The Balaban J connectivity index is 2.45. The molecule has 0 heterocycles. The lowest BCUT2D eigenvalue weighted by Gasteiger charge is -2.50. The number of anilines is 2. The van der Waals surface area contributed by atoms with Crippen LogP contribution in [0.2, 0.25) is 0 Å². The van der Waals surface area contributed by atoms with Crippen molar-refractivity contribution in [3.05, 3.63) is 84.6 Å². The topological polar surface area (TPSA) is 6.48 Å². The molecule has 0 aromatic heterocycles. The van der Waals surface area contributed by atoms with Gasteiger partial charge in [-0.3, -0.25) is 0 Å². The summed E-state index contributed by atoms with van der Waals surface area (Å²) in [7, 11) is 2.64. The Hall–Kier alpha value is -2.13. The fourth-order valence-electron chi connectivity index (χ4n) is 2.31. The Kier molecular flexibility index (Phi) is 4.76. The highest BCUT2D eigenvalue weighted by Gasteiger charge is 2.28. The molecule has 110 valence electrons. The molecule has 0 radical (unpaired) electrons. The first kappa shape index (κ1) is 15.3. The second-order valence-corrected chi connectivity index (χ2v) is 7.68. The van der Waals surface area contributed by atoms with Crippen LogP contribution in [0.15, 0.2) is 84.6 Å². The third-order valence-electron chi connectivity index (χ3n) is 3.61. The van der Waals surface area contributed by atoms with Crippen molar-refractivity contribution < 1.29 is 0 Å². The molecule has 0 N–H and O–H groups in total. The summed E-state index contributed by atoms with van der Waals surface area (Å²) in [4.78, 5) is 0. The number of benzene rings is 2. The van der Waals surface area contributed by atoms with Gasteiger partial charge in [0.1, 0.15) is 0 Å². The normalized spacial score (nSPS) is 11.5. The Bertz CT molecular complexity index is 540. The summed E-state index contributed by atoms with van der Waals surface area (Å²) in [5, 5.41) is 4.00. The minimum atomic E-state index is -1.54. The monoisotopic (exact) mass is 298 g/mol. The van der Waals surface area contributed by atoms with E-state index in [1.807, 2.05) is 47.2 Å². The van der Waals surface area contributed by atoms with E-state index in [2.05, 4.69) is 60.1 Å². The zero-order valence-electron chi connectivity index (χ0n) is 12.6. The van der Waals surface area contributed by atoms with Crippen molar-refractivity contribution >= 4 is 21.8 Å². The van der Waals surface area contributed by atoms with Gasteiger partial charge in [0.2, 0.25) is 0 Å². The van der Waals surface area contributed by atoms with Gasteiger partial charge in [-0.05, 0) is 45.5 Å². The molecule has 0 saturated carbocycles. The van der Waals surface area contributed by atoms with E-state index in [-0.39, 0.29) is 0 Å². The van der Waals surface area contributed by atoms with Crippen molar-refractivity contribution in [1.29, 1.82) is 0 Å². The van der Waals surface area contributed by atoms with Gasteiger partial charge in [-0.1, -0.05) is 49.6 Å². The number of hydrogen-bond donors (Lipinski definition) is 0. The molecular weight excluding hydrogens is 276 g/mol. The molecule has 0 aliphatic rings. The van der Waals surface area contributed by atoms with Crippen molar-refractivity contribution in [2.75, 3.05) is 22.7 Å². The molecule has 2 rings (SSSR count). The molecule has 0 amide bonds. The van der Waals surface area contributed by atoms with Gasteiger partial charge in [0.05, 0.1) is 0 Å². The first-order valence-corrected chi connectivity index (χ1v) is 8.49. The van der Waals surface area contributed by atoms with Gasteiger partial charge >= 0.3 is 0 Å². The van der Waals surface area contributed by atoms with Crippen LogP contribution in [0.4, 0.5) is 11.4 Å². The lowest BCUT2D eigenvalue weighted by atomic mass is 10.3. The number of para-hydroxylation sites is 2. The zero-order valence-corrected chi connectivity index (χ0v) is 13.5. The van der Waals surface area contributed by atoms with E-state index < -0.39 is 10.4 Å². The molecule has 21 heavy (non-hydrogen) atoms. The summed E-state index contributed by atoms with van der Waals surface area (Å²) in [5.74, 6) is 0. The zero-order chi connectivity index (χ0) is 15.3. The standard InChI is InChI=1S/C18H22N2S/c1-5-21(6-2,19(3)17-13-9-7-10-14-17)20(4)18-15-11-8-12-16-18/h5-16H,1-2H2,3-4H3. The van der Waals surface area contributed by atoms with Crippen LogP contribution in [0.5, 0.6) is 0 Å². The number of hydrogen-bond acceptors (Lipinski definition) is 2. The maximum Gasteiger partial charge on any atom is 0.0472 e. The molecule has 2 aromatic carbocycles. The Morgan fingerprint density at radius 2 is 1.05 bits per heavy atom. The average Bonchev–Trinajstić information content (AvgIpc) is 2.57. The van der Waals surface area contributed by atoms with E-state index in [1.165, 1.54) is 0 Å². The number of rotatable bonds is 6. The smallest absolute Gasteiger partial charge is 0.0472 e. The maximum absolute atomic E-state index is 4.08. The van der Waals surface area contributed by atoms with Crippen molar-refractivity contribution in [2.24, 2.45) is 0 Å². The minimum Gasteiger partial charge on any atom is -0.315 e. The third-order valence-corrected chi connectivity index (χ3v) is 6.77.